The number of rotatable bonds is 4. The second-order valence-corrected chi connectivity index (χ2v) is 5.34. The van der Waals surface area contributed by atoms with Crippen LogP contribution in [0, 0.1) is 0 Å². The summed E-state index contributed by atoms with van der Waals surface area (Å²) >= 11 is 0. The van der Waals surface area contributed by atoms with Crippen LogP contribution in [0.4, 0.5) is 0 Å². The van der Waals surface area contributed by atoms with Crippen molar-refractivity contribution in [3.63, 3.8) is 0 Å². The van der Waals surface area contributed by atoms with Crippen LogP contribution in [0.1, 0.15) is 20.3 Å². The fourth-order valence-corrected chi connectivity index (χ4v) is 1.08. The number of halogens is 1. The van der Waals surface area contributed by atoms with Gasteiger partial charge in [0.2, 0.25) is 9.05 Å². The lowest BCUT2D eigenvalue weighted by Crippen LogP contribution is -2.18. The van der Waals surface area contributed by atoms with Gasteiger partial charge >= 0.3 is 5.97 Å². The van der Waals surface area contributed by atoms with E-state index in [2.05, 4.69) is 4.74 Å². The van der Waals surface area contributed by atoms with Crippen molar-refractivity contribution in [1.29, 1.82) is 0 Å². The number of carbonyl (C=O) groups excluding carboxylic acids is 1. The van der Waals surface area contributed by atoms with Crippen LogP contribution >= 0.6 is 10.7 Å². The van der Waals surface area contributed by atoms with Gasteiger partial charge in [-0.1, -0.05) is 0 Å². The average Bonchev–Trinajstić information content (AvgIpc) is 1.85. The van der Waals surface area contributed by atoms with Gasteiger partial charge in [0.25, 0.3) is 0 Å². The van der Waals surface area contributed by atoms with Crippen LogP contribution in [0.3, 0.4) is 0 Å². The molecule has 0 aromatic rings. The zero-order chi connectivity index (χ0) is 9.78. The third kappa shape index (κ3) is 4.56. The first-order valence-electron chi connectivity index (χ1n) is 3.47. The molecule has 0 aromatic carbocycles. The van der Waals surface area contributed by atoms with Crippen LogP contribution in [0.25, 0.3) is 0 Å². The Hall–Kier alpha value is -0.290. The minimum absolute atomic E-state index is 0.195. The Morgan fingerprint density at radius 2 is 2.08 bits per heavy atom. The molecule has 0 saturated carbocycles. The number of hydrogen-bond donors (Lipinski definition) is 0. The van der Waals surface area contributed by atoms with Gasteiger partial charge in [0.15, 0.2) is 0 Å². The zero-order valence-electron chi connectivity index (χ0n) is 6.91. The maximum atomic E-state index is 10.8. The molecular weight excluding hydrogens is 204 g/mol. The minimum Gasteiger partial charge on any atom is -0.466 e. The normalized spacial score (nSPS) is 13.9. The predicted octanol–water partition coefficient (Wildman–Crippen LogP) is 0.897. The minimum atomic E-state index is -3.64. The molecule has 0 spiro atoms. The summed E-state index contributed by atoms with van der Waals surface area (Å²) in [7, 11) is 1.35. The summed E-state index contributed by atoms with van der Waals surface area (Å²) < 4.78 is 25.8. The predicted molar refractivity (Wildman–Crippen MR) is 45.5 cm³/mol. The van der Waals surface area contributed by atoms with Crippen molar-refractivity contribution in [2.24, 2.45) is 0 Å². The van der Waals surface area contributed by atoms with E-state index < -0.39 is 20.3 Å². The highest BCUT2D eigenvalue weighted by molar-refractivity contribution is 8.14. The van der Waals surface area contributed by atoms with E-state index in [-0.39, 0.29) is 13.0 Å². The SMILES string of the molecule is CCOC(=O)C[C@H](C)S(=O)(=O)Cl. The van der Waals surface area contributed by atoms with E-state index in [9.17, 15) is 13.2 Å². The monoisotopic (exact) mass is 214 g/mol. The molecule has 0 heterocycles. The molecule has 0 aromatic heterocycles. The van der Waals surface area contributed by atoms with Crippen molar-refractivity contribution < 1.29 is 17.9 Å². The van der Waals surface area contributed by atoms with Crippen molar-refractivity contribution in [3.8, 4) is 0 Å². The van der Waals surface area contributed by atoms with E-state index in [4.69, 9.17) is 10.7 Å². The quantitative estimate of drug-likeness (QED) is 0.515. The standard InChI is InChI=1S/C6H11ClO4S/c1-3-11-6(8)4-5(2)12(7,9)10/h5H,3-4H2,1-2H3/t5-/m0/s1. The molecule has 12 heavy (non-hydrogen) atoms. The molecule has 0 aliphatic carbocycles. The van der Waals surface area contributed by atoms with Gasteiger partial charge in [0.1, 0.15) is 0 Å². The Balaban J connectivity index is 4.02. The fraction of sp³-hybridized carbons (Fsp3) is 0.833. The largest absolute Gasteiger partial charge is 0.466 e. The van der Waals surface area contributed by atoms with Crippen molar-refractivity contribution in [3.05, 3.63) is 0 Å². The molecule has 0 bridgehead atoms. The van der Waals surface area contributed by atoms with Gasteiger partial charge < -0.3 is 4.74 Å². The molecule has 0 rings (SSSR count). The van der Waals surface area contributed by atoms with Gasteiger partial charge in [-0.05, 0) is 13.8 Å². The van der Waals surface area contributed by atoms with Crippen LogP contribution < -0.4 is 0 Å². The molecule has 4 nitrogen and oxygen atoms in total. The summed E-state index contributed by atoms with van der Waals surface area (Å²) in [5.41, 5.74) is 0. The first kappa shape index (κ1) is 11.7. The van der Waals surface area contributed by atoms with E-state index >= 15 is 0 Å². The Kier molecular flexibility index (Phi) is 4.55. The molecule has 0 unspecified atom stereocenters. The van der Waals surface area contributed by atoms with Crippen LogP contribution in [0.2, 0.25) is 0 Å². The van der Waals surface area contributed by atoms with E-state index in [1.165, 1.54) is 6.92 Å². The van der Waals surface area contributed by atoms with Gasteiger partial charge in [0, 0.05) is 10.7 Å². The first-order chi connectivity index (χ1) is 5.38. The Morgan fingerprint density at radius 3 is 2.42 bits per heavy atom. The summed E-state index contributed by atoms with van der Waals surface area (Å²) in [6.45, 7) is 3.25. The fourth-order valence-electron chi connectivity index (χ4n) is 0.554. The zero-order valence-corrected chi connectivity index (χ0v) is 8.48. The maximum Gasteiger partial charge on any atom is 0.307 e. The first-order valence-corrected chi connectivity index (χ1v) is 5.84. The van der Waals surface area contributed by atoms with Crippen molar-refractivity contribution in [2.75, 3.05) is 6.61 Å². The summed E-state index contributed by atoms with van der Waals surface area (Å²) in [6.07, 6.45) is -0.195. The third-order valence-electron chi connectivity index (χ3n) is 1.24. The molecule has 0 amide bonds. The summed E-state index contributed by atoms with van der Waals surface area (Å²) in [5, 5.41) is -0.891. The van der Waals surface area contributed by atoms with Crippen LogP contribution in [-0.2, 0) is 18.6 Å². The van der Waals surface area contributed by atoms with Crippen molar-refractivity contribution in [2.45, 2.75) is 25.5 Å². The third-order valence-corrected chi connectivity index (χ3v) is 3.28. The highest BCUT2D eigenvalue weighted by Gasteiger charge is 2.21. The van der Waals surface area contributed by atoms with Gasteiger partial charge in [0.05, 0.1) is 18.3 Å². The molecule has 0 aliphatic rings. The molecule has 6 heteroatoms. The Bertz CT molecular complexity index is 246. The second kappa shape index (κ2) is 4.67. The van der Waals surface area contributed by atoms with Gasteiger partial charge in [-0.3, -0.25) is 4.79 Å². The van der Waals surface area contributed by atoms with E-state index in [1.54, 1.807) is 6.92 Å². The molecule has 0 aliphatic heterocycles. The van der Waals surface area contributed by atoms with E-state index in [0.29, 0.717) is 0 Å². The molecule has 0 saturated heterocycles. The topological polar surface area (TPSA) is 60.4 Å². The molecule has 0 N–H and O–H groups in total. The molecule has 72 valence electrons. The molecule has 0 fully saturated rings. The maximum absolute atomic E-state index is 10.8. The van der Waals surface area contributed by atoms with Gasteiger partial charge in [-0.25, -0.2) is 8.42 Å². The summed E-state index contributed by atoms with van der Waals surface area (Å²) in [4.78, 5) is 10.8. The van der Waals surface area contributed by atoms with Crippen LogP contribution in [0.5, 0.6) is 0 Å². The van der Waals surface area contributed by atoms with Crippen molar-refractivity contribution >= 4 is 25.7 Å². The number of ether oxygens (including phenoxy) is 1. The van der Waals surface area contributed by atoms with E-state index in [1.807, 2.05) is 0 Å². The lowest BCUT2D eigenvalue weighted by molar-refractivity contribution is -0.143. The van der Waals surface area contributed by atoms with Crippen LogP contribution in [0.15, 0.2) is 0 Å². The molecular formula is C6H11ClO4S. The number of hydrogen-bond acceptors (Lipinski definition) is 4. The highest BCUT2D eigenvalue weighted by Crippen LogP contribution is 2.10. The summed E-state index contributed by atoms with van der Waals surface area (Å²) in [5.74, 6) is -0.547. The number of esters is 1. The Morgan fingerprint density at radius 1 is 1.58 bits per heavy atom. The lowest BCUT2D eigenvalue weighted by Gasteiger charge is -2.05. The molecule has 1 atom stereocenters. The highest BCUT2D eigenvalue weighted by atomic mass is 35.7. The van der Waals surface area contributed by atoms with Crippen LogP contribution in [-0.4, -0.2) is 26.2 Å². The average molecular weight is 215 g/mol. The van der Waals surface area contributed by atoms with Gasteiger partial charge in [-0.2, -0.15) is 0 Å². The van der Waals surface area contributed by atoms with Gasteiger partial charge in [-0.15, -0.1) is 0 Å². The van der Waals surface area contributed by atoms with E-state index in [0.717, 1.165) is 0 Å². The summed E-state index contributed by atoms with van der Waals surface area (Å²) in [6, 6.07) is 0. The molecule has 0 radical (unpaired) electrons. The number of carbonyl (C=O) groups is 1. The second-order valence-electron chi connectivity index (χ2n) is 2.30. The van der Waals surface area contributed by atoms with Crippen molar-refractivity contribution in [1.82, 2.24) is 0 Å². The smallest absolute Gasteiger partial charge is 0.307 e. The lowest BCUT2D eigenvalue weighted by atomic mass is 10.3. The Labute approximate surface area is 76.3 Å².